The molecule has 1 heterocycles. The lowest BCUT2D eigenvalue weighted by Crippen LogP contribution is -2.32. The number of para-hydroxylation sites is 1. The summed E-state index contributed by atoms with van der Waals surface area (Å²) in [5, 5.41) is 6.67. The molecular formula is C22H26N4O2. The number of fused-ring (bicyclic) bond motifs is 1. The van der Waals surface area contributed by atoms with Gasteiger partial charge in [-0.25, -0.2) is 4.79 Å². The zero-order valence-electron chi connectivity index (χ0n) is 16.3. The predicted molar refractivity (Wildman–Crippen MR) is 114 cm³/mol. The number of hydrogen-bond acceptors (Lipinski definition) is 4. The summed E-state index contributed by atoms with van der Waals surface area (Å²) in [6, 6.07) is 17.3. The second-order valence-electron chi connectivity index (χ2n) is 6.28. The number of nitrogens with one attached hydrogen (secondary N) is 2. The van der Waals surface area contributed by atoms with E-state index in [1.165, 1.54) is 0 Å². The molecule has 3 rings (SSSR count). The lowest BCUT2D eigenvalue weighted by molar-refractivity contribution is 0.247. The molecule has 0 fully saturated rings. The monoisotopic (exact) mass is 378 g/mol. The van der Waals surface area contributed by atoms with Gasteiger partial charge in [0.1, 0.15) is 17.9 Å². The largest absolute Gasteiger partial charge is 0.489 e. The fourth-order valence-corrected chi connectivity index (χ4v) is 3.04. The molecule has 1 aromatic heterocycles. The van der Waals surface area contributed by atoms with Crippen LogP contribution < -0.4 is 20.3 Å². The minimum Gasteiger partial charge on any atom is -0.489 e. The molecule has 6 heteroatoms. The van der Waals surface area contributed by atoms with Crippen LogP contribution in [0.15, 0.2) is 60.8 Å². The number of aromatic nitrogens is 1. The van der Waals surface area contributed by atoms with Gasteiger partial charge in [-0.3, -0.25) is 4.98 Å². The Balaban J connectivity index is 1.45. The molecule has 2 aromatic carbocycles. The Morgan fingerprint density at radius 3 is 2.54 bits per heavy atom. The third-order valence-electron chi connectivity index (χ3n) is 4.49. The van der Waals surface area contributed by atoms with Gasteiger partial charge in [0.15, 0.2) is 0 Å². The highest BCUT2D eigenvalue weighted by molar-refractivity contribution is 5.89. The number of ether oxygens (including phenoxy) is 1. The maximum absolute atomic E-state index is 12.1. The highest BCUT2D eigenvalue weighted by Gasteiger charge is 2.05. The van der Waals surface area contributed by atoms with E-state index in [4.69, 9.17) is 4.74 Å². The van der Waals surface area contributed by atoms with E-state index in [1.54, 1.807) is 6.20 Å². The quantitative estimate of drug-likeness (QED) is 0.574. The lowest BCUT2D eigenvalue weighted by atomic mass is 10.2. The Bertz CT molecular complexity index is 903. The number of rotatable bonds is 8. The lowest BCUT2D eigenvalue weighted by Gasteiger charge is -2.21. The summed E-state index contributed by atoms with van der Waals surface area (Å²) in [7, 11) is 0. The average Bonchev–Trinajstić information content (AvgIpc) is 2.73. The van der Waals surface area contributed by atoms with Crippen molar-refractivity contribution in [2.45, 2.75) is 13.8 Å². The molecule has 0 unspecified atom stereocenters. The fourth-order valence-electron chi connectivity index (χ4n) is 3.04. The maximum Gasteiger partial charge on any atom is 0.319 e. The van der Waals surface area contributed by atoms with Gasteiger partial charge in [-0.2, -0.15) is 0 Å². The van der Waals surface area contributed by atoms with Crippen molar-refractivity contribution in [2.24, 2.45) is 0 Å². The van der Waals surface area contributed by atoms with Gasteiger partial charge < -0.3 is 20.3 Å². The van der Waals surface area contributed by atoms with Crippen LogP contribution in [0.3, 0.4) is 0 Å². The van der Waals surface area contributed by atoms with Crippen molar-refractivity contribution in [1.82, 2.24) is 10.3 Å². The standard InChI is InChI=1S/C22H26N4O2/c1-3-26(4-2)19-12-10-18(11-13-19)25-22(27)24-15-16-28-20-9-5-7-17-8-6-14-23-21(17)20/h5-14H,3-4,15-16H2,1-2H3,(H2,24,25,27). The highest BCUT2D eigenvalue weighted by Crippen LogP contribution is 2.22. The van der Waals surface area contributed by atoms with Crippen LogP contribution in [0.5, 0.6) is 5.75 Å². The molecule has 0 saturated carbocycles. The fraction of sp³-hybridized carbons (Fsp3) is 0.273. The van der Waals surface area contributed by atoms with E-state index < -0.39 is 0 Å². The van der Waals surface area contributed by atoms with Crippen LogP contribution in [0.4, 0.5) is 16.2 Å². The molecule has 2 amide bonds. The first kappa shape index (κ1) is 19.5. The van der Waals surface area contributed by atoms with Gasteiger partial charge in [0.05, 0.1) is 6.54 Å². The molecule has 0 bridgehead atoms. The Labute approximate surface area is 165 Å². The van der Waals surface area contributed by atoms with E-state index in [9.17, 15) is 4.79 Å². The van der Waals surface area contributed by atoms with E-state index >= 15 is 0 Å². The van der Waals surface area contributed by atoms with Crippen molar-refractivity contribution < 1.29 is 9.53 Å². The number of hydrogen-bond donors (Lipinski definition) is 2. The van der Waals surface area contributed by atoms with Crippen LogP contribution in [0, 0.1) is 0 Å². The minimum atomic E-state index is -0.254. The Morgan fingerprint density at radius 2 is 1.79 bits per heavy atom. The number of urea groups is 1. The smallest absolute Gasteiger partial charge is 0.319 e. The zero-order chi connectivity index (χ0) is 19.8. The summed E-state index contributed by atoms with van der Waals surface area (Å²) in [6.07, 6.45) is 1.74. The second-order valence-corrected chi connectivity index (χ2v) is 6.28. The molecule has 0 radical (unpaired) electrons. The Kier molecular flexibility index (Phi) is 6.68. The summed E-state index contributed by atoms with van der Waals surface area (Å²) in [5.74, 6) is 0.715. The molecule has 6 nitrogen and oxygen atoms in total. The molecule has 146 valence electrons. The number of benzene rings is 2. The summed E-state index contributed by atoms with van der Waals surface area (Å²) in [4.78, 5) is 18.7. The van der Waals surface area contributed by atoms with Crippen LogP contribution in [0.2, 0.25) is 0 Å². The van der Waals surface area contributed by atoms with Crippen LogP contribution in [-0.4, -0.2) is 37.3 Å². The van der Waals surface area contributed by atoms with E-state index in [-0.39, 0.29) is 6.03 Å². The summed E-state index contributed by atoms with van der Waals surface area (Å²) in [6.45, 7) is 6.92. The van der Waals surface area contributed by atoms with Gasteiger partial charge in [0.2, 0.25) is 0 Å². The van der Waals surface area contributed by atoms with Gasteiger partial charge in [-0.15, -0.1) is 0 Å². The van der Waals surface area contributed by atoms with E-state index in [1.807, 2.05) is 54.6 Å². The zero-order valence-corrected chi connectivity index (χ0v) is 16.3. The third kappa shape index (κ3) is 4.91. The Morgan fingerprint density at radius 1 is 1.04 bits per heavy atom. The molecule has 3 aromatic rings. The van der Waals surface area contributed by atoms with Gasteiger partial charge in [0.25, 0.3) is 0 Å². The maximum atomic E-state index is 12.1. The number of pyridine rings is 1. The highest BCUT2D eigenvalue weighted by atomic mass is 16.5. The molecular weight excluding hydrogens is 352 g/mol. The first-order chi connectivity index (χ1) is 13.7. The number of nitrogens with zero attached hydrogens (tertiary/aromatic N) is 2. The average molecular weight is 378 g/mol. The molecule has 0 aliphatic heterocycles. The topological polar surface area (TPSA) is 66.5 Å². The summed E-state index contributed by atoms with van der Waals surface area (Å²) in [5.41, 5.74) is 2.73. The minimum absolute atomic E-state index is 0.254. The first-order valence-corrected chi connectivity index (χ1v) is 9.57. The number of carbonyl (C=O) groups excluding carboxylic acids is 1. The van der Waals surface area contributed by atoms with Crippen LogP contribution in [0.1, 0.15) is 13.8 Å². The predicted octanol–water partition coefficient (Wildman–Crippen LogP) is 4.28. The van der Waals surface area contributed by atoms with E-state index in [2.05, 4.69) is 34.4 Å². The van der Waals surface area contributed by atoms with Crippen molar-refractivity contribution in [2.75, 3.05) is 36.5 Å². The van der Waals surface area contributed by atoms with Gasteiger partial charge >= 0.3 is 6.03 Å². The molecule has 0 saturated heterocycles. The van der Waals surface area contributed by atoms with E-state index in [0.717, 1.165) is 35.4 Å². The molecule has 0 aliphatic carbocycles. The van der Waals surface area contributed by atoms with Crippen molar-refractivity contribution >= 4 is 28.3 Å². The SMILES string of the molecule is CCN(CC)c1ccc(NC(=O)NCCOc2cccc3cccnc23)cc1. The number of carbonyl (C=O) groups is 1. The van der Waals surface area contributed by atoms with Gasteiger partial charge in [-0.05, 0) is 50.2 Å². The van der Waals surface area contributed by atoms with Crippen molar-refractivity contribution in [3.8, 4) is 5.75 Å². The van der Waals surface area contributed by atoms with Crippen LogP contribution in [-0.2, 0) is 0 Å². The van der Waals surface area contributed by atoms with E-state index in [0.29, 0.717) is 18.9 Å². The first-order valence-electron chi connectivity index (χ1n) is 9.57. The normalized spacial score (nSPS) is 10.5. The number of amides is 2. The second kappa shape index (κ2) is 9.60. The molecule has 2 N–H and O–H groups in total. The third-order valence-corrected chi connectivity index (χ3v) is 4.49. The van der Waals surface area contributed by atoms with Crippen molar-refractivity contribution in [3.63, 3.8) is 0 Å². The van der Waals surface area contributed by atoms with Crippen LogP contribution in [0.25, 0.3) is 10.9 Å². The van der Waals surface area contributed by atoms with Crippen LogP contribution >= 0.6 is 0 Å². The molecule has 0 aliphatic rings. The number of anilines is 2. The molecule has 28 heavy (non-hydrogen) atoms. The van der Waals surface area contributed by atoms with Gasteiger partial charge in [-0.1, -0.05) is 18.2 Å². The molecule has 0 atom stereocenters. The van der Waals surface area contributed by atoms with Crippen molar-refractivity contribution in [3.05, 3.63) is 60.8 Å². The summed E-state index contributed by atoms with van der Waals surface area (Å²) < 4.78 is 5.78. The summed E-state index contributed by atoms with van der Waals surface area (Å²) >= 11 is 0. The molecule has 0 spiro atoms. The van der Waals surface area contributed by atoms with Gasteiger partial charge in [0, 0.05) is 36.0 Å². The van der Waals surface area contributed by atoms with Crippen molar-refractivity contribution in [1.29, 1.82) is 0 Å². The Hall–Kier alpha value is -3.28.